The first-order chi connectivity index (χ1) is 11.6. The number of aromatic nitrogens is 5. The Morgan fingerprint density at radius 2 is 2.17 bits per heavy atom. The van der Waals surface area contributed by atoms with Gasteiger partial charge in [-0.1, -0.05) is 13.8 Å². The van der Waals surface area contributed by atoms with Gasteiger partial charge in [0.2, 0.25) is 0 Å². The molecular formula is C17H26N6O. The number of rotatable bonds is 6. The minimum Gasteiger partial charge on any atom is -0.351 e. The van der Waals surface area contributed by atoms with Crippen LogP contribution in [0.3, 0.4) is 0 Å². The molecule has 0 radical (unpaired) electrons. The zero-order valence-electron chi connectivity index (χ0n) is 14.7. The standard InChI is InChI=1S/C17H26N6O/c1-12(2)14-11-13(21-22(14)3)17(24)18-9-6-8-16-20-19-15-7-4-5-10-23(15)16/h11-12H,4-10H2,1-3H3,(H,18,24). The molecule has 2 aromatic heterocycles. The molecule has 0 atom stereocenters. The Morgan fingerprint density at radius 1 is 1.33 bits per heavy atom. The molecule has 0 unspecified atom stereocenters. The van der Waals surface area contributed by atoms with Gasteiger partial charge in [0.25, 0.3) is 5.91 Å². The van der Waals surface area contributed by atoms with Gasteiger partial charge in [0, 0.05) is 38.7 Å². The Labute approximate surface area is 142 Å². The second-order valence-electron chi connectivity index (χ2n) is 6.73. The molecule has 3 heterocycles. The highest BCUT2D eigenvalue weighted by Gasteiger charge is 2.16. The summed E-state index contributed by atoms with van der Waals surface area (Å²) in [4.78, 5) is 12.2. The summed E-state index contributed by atoms with van der Waals surface area (Å²) >= 11 is 0. The lowest BCUT2D eigenvalue weighted by Gasteiger charge is -2.14. The van der Waals surface area contributed by atoms with Crippen LogP contribution in [0.5, 0.6) is 0 Å². The van der Waals surface area contributed by atoms with Crippen LogP contribution < -0.4 is 5.32 Å². The Bertz CT molecular complexity index is 715. The van der Waals surface area contributed by atoms with Gasteiger partial charge in [-0.25, -0.2) is 0 Å². The van der Waals surface area contributed by atoms with Gasteiger partial charge in [0.1, 0.15) is 17.3 Å². The van der Waals surface area contributed by atoms with Crippen LogP contribution in [0.2, 0.25) is 0 Å². The van der Waals surface area contributed by atoms with Crippen molar-refractivity contribution in [1.29, 1.82) is 0 Å². The summed E-state index contributed by atoms with van der Waals surface area (Å²) in [5.41, 5.74) is 1.55. The average Bonchev–Trinajstić information content (AvgIpc) is 3.15. The summed E-state index contributed by atoms with van der Waals surface area (Å²) in [6.07, 6.45) is 5.13. The van der Waals surface area contributed by atoms with E-state index < -0.39 is 0 Å². The van der Waals surface area contributed by atoms with Crippen LogP contribution in [0.15, 0.2) is 6.07 Å². The molecule has 0 bridgehead atoms. The maximum absolute atomic E-state index is 12.2. The first kappa shape index (κ1) is 16.7. The van der Waals surface area contributed by atoms with Crippen LogP contribution in [0.1, 0.15) is 66.9 Å². The average molecular weight is 330 g/mol. The summed E-state index contributed by atoms with van der Waals surface area (Å²) in [7, 11) is 1.88. The minimum atomic E-state index is -0.110. The fraction of sp³-hybridized carbons (Fsp3) is 0.647. The Morgan fingerprint density at radius 3 is 2.92 bits per heavy atom. The highest BCUT2D eigenvalue weighted by molar-refractivity contribution is 5.92. The highest BCUT2D eigenvalue weighted by Crippen LogP contribution is 2.16. The monoisotopic (exact) mass is 330 g/mol. The minimum absolute atomic E-state index is 0.110. The Kier molecular flexibility index (Phi) is 4.97. The van der Waals surface area contributed by atoms with Gasteiger partial charge in [0.05, 0.1) is 0 Å². The molecule has 0 saturated carbocycles. The second kappa shape index (κ2) is 7.15. The quantitative estimate of drug-likeness (QED) is 0.820. The number of carbonyl (C=O) groups is 1. The Balaban J connectivity index is 1.49. The first-order valence-corrected chi connectivity index (χ1v) is 8.79. The van der Waals surface area contributed by atoms with Gasteiger partial charge in [-0.05, 0) is 31.2 Å². The molecule has 7 nitrogen and oxygen atoms in total. The van der Waals surface area contributed by atoms with Gasteiger partial charge in [-0.3, -0.25) is 9.48 Å². The number of hydrogen-bond donors (Lipinski definition) is 1. The molecule has 1 N–H and O–H groups in total. The van der Waals surface area contributed by atoms with E-state index in [1.54, 1.807) is 4.68 Å². The topological polar surface area (TPSA) is 77.6 Å². The Hall–Kier alpha value is -2.18. The van der Waals surface area contributed by atoms with E-state index in [1.165, 1.54) is 12.8 Å². The van der Waals surface area contributed by atoms with Crippen LogP contribution in [0.4, 0.5) is 0 Å². The van der Waals surface area contributed by atoms with E-state index in [-0.39, 0.29) is 5.91 Å². The van der Waals surface area contributed by atoms with E-state index in [0.29, 0.717) is 18.2 Å². The highest BCUT2D eigenvalue weighted by atomic mass is 16.1. The first-order valence-electron chi connectivity index (χ1n) is 8.79. The summed E-state index contributed by atoms with van der Waals surface area (Å²) in [6.45, 7) is 5.83. The predicted molar refractivity (Wildman–Crippen MR) is 90.9 cm³/mol. The van der Waals surface area contributed by atoms with E-state index in [2.05, 4.69) is 39.0 Å². The predicted octanol–water partition coefficient (Wildman–Crippen LogP) is 1.83. The number of nitrogens with one attached hydrogen (secondary N) is 1. The molecule has 0 saturated heterocycles. The molecule has 7 heteroatoms. The van der Waals surface area contributed by atoms with Crippen LogP contribution >= 0.6 is 0 Å². The molecule has 0 spiro atoms. The fourth-order valence-corrected chi connectivity index (χ4v) is 3.23. The number of aryl methyl sites for hydroxylation is 3. The number of hydrogen-bond acceptors (Lipinski definition) is 4. The fourth-order valence-electron chi connectivity index (χ4n) is 3.23. The molecule has 3 rings (SSSR count). The van der Waals surface area contributed by atoms with Crippen LogP contribution in [-0.4, -0.2) is 37.0 Å². The van der Waals surface area contributed by atoms with Crippen LogP contribution in [0.25, 0.3) is 0 Å². The number of amides is 1. The lowest BCUT2D eigenvalue weighted by molar-refractivity contribution is 0.0947. The normalized spacial score (nSPS) is 14.0. The van der Waals surface area contributed by atoms with E-state index in [1.807, 2.05) is 13.1 Å². The van der Waals surface area contributed by atoms with E-state index in [4.69, 9.17) is 0 Å². The number of fused-ring (bicyclic) bond motifs is 1. The summed E-state index contributed by atoms with van der Waals surface area (Å²) in [5.74, 6) is 2.39. The van der Waals surface area contributed by atoms with Gasteiger partial charge in [0.15, 0.2) is 0 Å². The molecule has 1 aliphatic heterocycles. The molecule has 1 amide bonds. The number of carbonyl (C=O) groups excluding carboxylic acids is 1. The van der Waals surface area contributed by atoms with Gasteiger partial charge in [-0.2, -0.15) is 5.10 Å². The maximum atomic E-state index is 12.2. The van der Waals surface area contributed by atoms with Crippen molar-refractivity contribution in [1.82, 2.24) is 29.9 Å². The van der Waals surface area contributed by atoms with Gasteiger partial charge in [-0.15, -0.1) is 10.2 Å². The van der Waals surface area contributed by atoms with Crippen LogP contribution in [0, 0.1) is 0 Å². The van der Waals surface area contributed by atoms with Crippen molar-refractivity contribution in [3.8, 4) is 0 Å². The molecular weight excluding hydrogens is 304 g/mol. The van der Waals surface area contributed by atoms with Crippen molar-refractivity contribution < 1.29 is 4.79 Å². The van der Waals surface area contributed by atoms with Crippen LogP contribution in [-0.2, 0) is 26.4 Å². The molecule has 2 aromatic rings. The summed E-state index contributed by atoms with van der Waals surface area (Å²) in [6, 6.07) is 1.87. The third kappa shape index (κ3) is 3.49. The maximum Gasteiger partial charge on any atom is 0.271 e. The van der Waals surface area contributed by atoms with E-state index in [0.717, 1.165) is 43.1 Å². The zero-order valence-corrected chi connectivity index (χ0v) is 14.7. The largest absolute Gasteiger partial charge is 0.351 e. The zero-order chi connectivity index (χ0) is 17.1. The lowest BCUT2D eigenvalue weighted by Crippen LogP contribution is -2.25. The van der Waals surface area contributed by atoms with Crippen molar-refractivity contribution >= 4 is 5.91 Å². The van der Waals surface area contributed by atoms with Crippen molar-refractivity contribution in [3.05, 3.63) is 29.1 Å². The molecule has 130 valence electrons. The molecule has 0 aromatic carbocycles. The van der Waals surface area contributed by atoms with Crippen molar-refractivity contribution in [3.63, 3.8) is 0 Å². The third-order valence-electron chi connectivity index (χ3n) is 4.54. The van der Waals surface area contributed by atoms with Crippen molar-refractivity contribution in [2.24, 2.45) is 7.05 Å². The summed E-state index contributed by atoms with van der Waals surface area (Å²) < 4.78 is 4.01. The number of nitrogens with zero attached hydrogens (tertiary/aromatic N) is 5. The van der Waals surface area contributed by atoms with E-state index in [9.17, 15) is 4.79 Å². The molecule has 24 heavy (non-hydrogen) atoms. The van der Waals surface area contributed by atoms with Crippen molar-refractivity contribution in [2.45, 2.75) is 58.4 Å². The lowest BCUT2D eigenvalue weighted by atomic mass is 10.1. The summed E-state index contributed by atoms with van der Waals surface area (Å²) in [5, 5.41) is 15.8. The third-order valence-corrected chi connectivity index (χ3v) is 4.54. The molecule has 1 aliphatic rings. The SMILES string of the molecule is CC(C)c1cc(C(=O)NCCCc2nnc3n2CCCC3)nn1C. The van der Waals surface area contributed by atoms with Gasteiger partial charge >= 0.3 is 0 Å². The van der Waals surface area contributed by atoms with Gasteiger partial charge < -0.3 is 9.88 Å². The second-order valence-corrected chi connectivity index (χ2v) is 6.73. The smallest absolute Gasteiger partial charge is 0.271 e. The van der Waals surface area contributed by atoms with E-state index >= 15 is 0 Å². The van der Waals surface area contributed by atoms with Crippen molar-refractivity contribution in [2.75, 3.05) is 6.54 Å². The molecule has 0 aliphatic carbocycles. The molecule has 0 fully saturated rings.